The van der Waals surface area contributed by atoms with Crippen LogP contribution in [0.2, 0.25) is 0 Å². The molecule has 1 aromatic carbocycles. The fourth-order valence-corrected chi connectivity index (χ4v) is 5.86. The average molecular weight is 482 g/mol. The molecule has 0 atom stereocenters. The summed E-state index contributed by atoms with van der Waals surface area (Å²) in [5.41, 5.74) is 1.06. The number of anilines is 1. The van der Waals surface area contributed by atoms with Crippen LogP contribution in [0.1, 0.15) is 20.8 Å². The first kappa shape index (κ1) is 22.3. The normalized spacial score (nSPS) is 16.0. The topological polar surface area (TPSA) is 78.7 Å². The van der Waals surface area contributed by atoms with Crippen molar-refractivity contribution < 1.29 is 4.79 Å². The van der Waals surface area contributed by atoms with Gasteiger partial charge in [0.25, 0.3) is 0 Å². The molecule has 1 saturated heterocycles. The van der Waals surface area contributed by atoms with Crippen molar-refractivity contribution in [3.8, 4) is 0 Å². The molecule has 4 aromatic rings. The zero-order valence-electron chi connectivity index (χ0n) is 19.0. The van der Waals surface area contributed by atoms with Crippen molar-refractivity contribution in [2.45, 2.75) is 36.2 Å². The van der Waals surface area contributed by atoms with Crippen LogP contribution in [0.15, 0.2) is 52.8 Å². The summed E-state index contributed by atoms with van der Waals surface area (Å²) in [7, 11) is 0. The number of hydrogen-bond donors (Lipinski definition) is 1. The molecule has 0 saturated carbocycles. The third kappa shape index (κ3) is 5.03. The Balaban J connectivity index is 1.21. The number of piperazine rings is 1. The van der Waals surface area contributed by atoms with E-state index in [-0.39, 0.29) is 11.4 Å². The first-order chi connectivity index (χ1) is 15.8. The van der Waals surface area contributed by atoms with Gasteiger partial charge in [-0.2, -0.15) is 0 Å². The largest absolute Gasteiger partial charge is 0.301 e. The summed E-state index contributed by atoms with van der Waals surface area (Å²) in [6.07, 6.45) is 5.53. The molecular formula is C23H27N7OS2. The van der Waals surface area contributed by atoms with Crippen molar-refractivity contribution in [2.24, 2.45) is 0 Å². The Morgan fingerprint density at radius 1 is 1.18 bits per heavy atom. The number of carbonyl (C=O) groups is 1. The highest BCUT2D eigenvalue weighted by Crippen LogP contribution is 2.33. The van der Waals surface area contributed by atoms with Gasteiger partial charge >= 0.3 is 0 Å². The van der Waals surface area contributed by atoms with E-state index in [1.807, 2.05) is 35.0 Å². The van der Waals surface area contributed by atoms with Crippen LogP contribution >= 0.6 is 23.1 Å². The Morgan fingerprint density at radius 2 is 2.00 bits per heavy atom. The van der Waals surface area contributed by atoms with Crippen molar-refractivity contribution in [1.29, 1.82) is 0 Å². The van der Waals surface area contributed by atoms with Crippen molar-refractivity contribution >= 4 is 50.1 Å². The number of amides is 1. The van der Waals surface area contributed by atoms with E-state index >= 15 is 0 Å². The van der Waals surface area contributed by atoms with Gasteiger partial charge in [-0.25, -0.2) is 15.0 Å². The maximum absolute atomic E-state index is 12.6. The zero-order valence-corrected chi connectivity index (χ0v) is 20.6. The molecule has 1 N–H and O–H groups in total. The van der Waals surface area contributed by atoms with E-state index in [2.05, 4.69) is 56.9 Å². The molecule has 0 bridgehead atoms. The van der Waals surface area contributed by atoms with E-state index in [1.54, 1.807) is 18.0 Å². The smallest absolute Gasteiger partial charge is 0.240 e. The number of aromatic nitrogens is 4. The van der Waals surface area contributed by atoms with Gasteiger partial charge in [0.1, 0.15) is 5.03 Å². The molecule has 4 heterocycles. The molecule has 1 aliphatic heterocycles. The molecule has 0 spiro atoms. The molecule has 8 nitrogen and oxygen atoms in total. The molecule has 1 aliphatic rings. The number of thiazole rings is 1. The van der Waals surface area contributed by atoms with E-state index in [0.717, 1.165) is 46.3 Å². The average Bonchev–Trinajstić information content (AvgIpc) is 3.37. The molecule has 0 aliphatic carbocycles. The lowest BCUT2D eigenvalue weighted by atomic mass is 10.1. The van der Waals surface area contributed by atoms with Gasteiger partial charge in [-0.05, 0) is 45.0 Å². The van der Waals surface area contributed by atoms with Crippen molar-refractivity contribution in [3.63, 3.8) is 0 Å². The number of nitrogens with zero attached hydrogens (tertiary/aromatic N) is 6. The molecule has 3 aromatic heterocycles. The van der Waals surface area contributed by atoms with Gasteiger partial charge in [-0.3, -0.25) is 19.0 Å². The summed E-state index contributed by atoms with van der Waals surface area (Å²) < 4.78 is 3.01. The van der Waals surface area contributed by atoms with Gasteiger partial charge in [0.05, 0.1) is 23.0 Å². The van der Waals surface area contributed by atoms with Crippen molar-refractivity contribution in [3.05, 3.63) is 42.9 Å². The Labute approximate surface area is 201 Å². The molecule has 33 heavy (non-hydrogen) atoms. The predicted octanol–water partition coefficient (Wildman–Crippen LogP) is 3.84. The second kappa shape index (κ2) is 9.02. The van der Waals surface area contributed by atoms with Crippen LogP contribution in [0.3, 0.4) is 0 Å². The highest BCUT2D eigenvalue weighted by atomic mass is 32.2. The molecule has 1 fully saturated rings. The second-order valence-electron chi connectivity index (χ2n) is 9.12. The van der Waals surface area contributed by atoms with E-state index in [0.29, 0.717) is 17.5 Å². The predicted molar refractivity (Wildman–Crippen MR) is 133 cm³/mol. The number of hydrogen-bond acceptors (Lipinski definition) is 8. The van der Waals surface area contributed by atoms with Crippen LogP contribution in [-0.2, 0) is 4.79 Å². The third-order valence-electron chi connectivity index (χ3n) is 5.77. The quantitative estimate of drug-likeness (QED) is 0.464. The van der Waals surface area contributed by atoms with Crippen LogP contribution in [-0.4, -0.2) is 73.3 Å². The Bertz CT molecular complexity index is 1280. The molecule has 0 unspecified atom stereocenters. The van der Waals surface area contributed by atoms with Crippen LogP contribution in [0.5, 0.6) is 0 Å². The molecule has 1 amide bonds. The highest BCUT2D eigenvalue weighted by Gasteiger charge is 2.26. The SMILES string of the molecule is CC(C)(C)N1CCN(CC(=O)Nc2nc3ccc(Sc4cnc5ncccn45)cc3s2)CC1. The minimum atomic E-state index is -0.00825. The van der Waals surface area contributed by atoms with Gasteiger partial charge in [0, 0.05) is 49.0 Å². The van der Waals surface area contributed by atoms with Crippen LogP contribution < -0.4 is 5.32 Å². The number of rotatable bonds is 5. The van der Waals surface area contributed by atoms with Gasteiger partial charge in [0.15, 0.2) is 5.13 Å². The van der Waals surface area contributed by atoms with Crippen molar-refractivity contribution in [1.82, 2.24) is 29.2 Å². The summed E-state index contributed by atoms with van der Waals surface area (Å²) in [4.78, 5) is 31.6. The second-order valence-corrected chi connectivity index (χ2v) is 11.2. The van der Waals surface area contributed by atoms with E-state index in [4.69, 9.17) is 0 Å². The lowest BCUT2D eigenvalue weighted by molar-refractivity contribution is -0.117. The molecular weight excluding hydrogens is 454 g/mol. The lowest BCUT2D eigenvalue weighted by Crippen LogP contribution is -2.54. The molecule has 172 valence electrons. The zero-order chi connectivity index (χ0) is 23.0. The summed E-state index contributed by atoms with van der Waals surface area (Å²) in [5, 5.41) is 4.64. The molecule has 10 heteroatoms. The summed E-state index contributed by atoms with van der Waals surface area (Å²) >= 11 is 3.13. The Kier molecular flexibility index (Phi) is 6.09. The summed E-state index contributed by atoms with van der Waals surface area (Å²) in [5.74, 6) is 0.676. The Morgan fingerprint density at radius 3 is 2.79 bits per heavy atom. The van der Waals surface area contributed by atoms with Crippen LogP contribution in [0.25, 0.3) is 16.0 Å². The van der Waals surface area contributed by atoms with Gasteiger partial charge in [-0.15, -0.1) is 0 Å². The third-order valence-corrected chi connectivity index (χ3v) is 7.71. The fourth-order valence-electron chi connectivity index (χ4n) is 3.96. The van der Waals surface area contributed by atoms with E-state index in [9.17, 15) is 4.79 Å². The summed E-state index contributed by atoms with van der Waals surface area (Å²) in [6, 6.07) is 8.04. The minimum Gasteiger partial charge on any atom is -0.301 e. The van der Waals surface area contributed by atoms with Gasteiger partial charge in [-0.1, -0.05) is 23.1 Å². The standard InChI is InChI=1S/C23H27N7OS2/c1-23(2,3)29-11-9-28(10-12-29)15-19(31)27-22-26-17-6-5-16(13-18(17)33-22)32-20-14-25-21-24-7-4-8-30(20)21/h4-8,13-14H,9-12,15H2,1-3H3,(H,26,27,31). The van der Waals surface area contributed by atoms with Gasteiger partial charge in [0.2, 0.25) is 11.7 Å². The van der Waals surface area contributed by atoms with Crippen molar-refractivity contribution in [2.75, 3.05) is 38.0 Å². The lowest BCUT2D eigenvalue weighted by Gasteiger charge is -2.42. The summed E-state index contributed by atoms with van der Waals surface area (Å²) in [6.45, 7) is 10.9. The number of fused-ring (bicyclic) bond motifs is 2. The van der Waals surface area contributed by atoms with Crippen LogP contribution in [0.4, 0.5) is 5.13 Å². The van der Waals surface area contributed by atoms with E-state index in [1.165, 1.54) is 11.3 Å². The molecule has 0 radical (unpaired) electrons. The fraction of sp³-hybridized carbons (Fsp3) is 0.391. The minimum absolute atomic E-state index is 0.00825. The highest BCUT2D eigenvalue weighted by molar-refractivity contribution is 7.99. The number of carbonyl (C=O) groups excluding carboxylic acids is 1. The maximum Gasteiger partial charge on any atom is 0.240 e. The first-order valence-corrected chi connectivity index (χ1v) is 12.6. The molecule has 5 rings (SSSR count). The maximum atomic E-state index is 12.6. The number of nitrogens with one attached hydrogen (secondary N) is 1. The monoisotopic (exact) mass is 481 g/mol. The van der Waals surface area contributed by atoms with E-state index < -0.39 is 0 Å². The number of imidazole rings is 1. The van der Waals surface area contributed by atoms with Crippen LogP contribution in [0, 0.1) is 0 Å². The Hall–Kier alpha value is -2.53. The van der Waals surface area contributed by atoms with Gasteiger partial charge < -0.3 is 5.32 Å². The first-order valence-electron chi connectivity index (χ1n) is 11.0. The number of benzene rings is 1.